The molecule has 2 rings (SSSR count). The van der Waals surface area contributed by atoms with E-state index in [1.807, 2.05) is 12.1 Å². The average molecular weight is 282 g/mol. The second-order valence-electron chi connectivity index (χ2n) is 5.99. The Kier molecular flexibility index (Phi) is 4.69. The Morgan fingerprint density at radius 2 is 1.95 bits per heavy atom. The first-order chi connectivity index (χ1) is 8.97. The molecule has 0 amide bonds. The highest BCUT2D eigenvalue weighted by atomic mass is 35.5. The molecule has 0 bridgehead atoms. The van der Waals surface area contributed by atoms with E-state index in [0.29, 0.717) is 6.04 Å². The topological polar surface area (TPSA) is 28.2 Å². The van der Waals surface area contributed by atoms with Gasteiger partial charge in [0.15, 0.2) is 0 Å². The van der Waals surface area contributed by atoms with Crippen LogP contribution in [0.15, 0.2) is 12.1 Å². The van der Waals surface area contributed by atoms with E-state index in [9.17, 15) is 0 Å². The summed E-state index contributed by atoms with van der Waals surface area (Å²) in [5.41, 5.74) is 0.945. The molecule has 1 aliphatic heterocycles. The third-order valence-corrected chi connectivity index (χ3v) is 4.24. The summed E-state index contributed by atoms with van der Waals surface area (Å²) < 4.78 is 0. The molecule has 1 aromatic heterocycles. The molecule has 1 fully saturated rings. The zero-order chi connectivity index (χ0) is 14.0. The number of hydrogen-bond donors (Lipinski definition) is 1. The van der Waals surface area contributed by atoms with Crippen molar-refractivity contribution in [3.05, 3.63) is 22.8 Å². The lowest BCUT2D eigenvalue weighted by molar-refractivity contribution is 0.494. The van der Waals surface area contributed by atoms with E-state index in [1.165, 1.54) is 0 Å². The van der Waals surface area contributed by atoms with Gasteiger partial charge >= 0.3 is 0 Å². The molecule has 0 saturated carbocycles. The van der Waals surface area contributed by atoms with Crippen LogP contribution in [-0.2, 0) is 6.54 Å². The lowest BCUT2D eigenvalue weighted by Gasteiger charge is -2.19. The van der Waals surface area contributed by atoms with E-state index in [0.717, 1.165) is 48.0 Å². The molecule has 0 aromatic carbocycles. The summed E-state index contributed by atoms with van der Waals surface area (Å²) in [4.78, 5) is 7.09. The molecule has 3 nitrogen and oxygen atoms in total. The molecule has 19 heavy (non-hydrogen) atoms. The highest BCUT2D eigenvalue weighted by molar-refractivity contribution is 6.31. The van der Waals surface area contributed by atoms with Gasteiger partial charge in [0.05, 0.1) is 10.7 Å². The van der Waals surface area contributed by atoms with Crippen molar-refractivity contribution in [3.63, 3.8) is 0 Å². The number of rotatable bonds is 4. The second-order valence-corrected chi connectivity index (χ2v) is 6.40. The van der Waals surface area contributed by atoms with E-state index in [1.54, 1.807) is 0 Å². The van der Waals surface area contributed by atoms with Gasteiger partial charge in [-0.05, 0) is 24.0 Å². The summed E-state index contributed by atoms with van der Waals surface area (Å²) in [6.45, 7) is 11.8. The molecule has 0 radical (unpaired) electrons. The maximum Gasteiger partial charge on any atom is 0.128 e. The molecule has 2 atom stereocenters. The van der Waals surface area contributed by atoms with Crippen molar-refractivity contribution in [3.8, 4) is 0 Å². The number of nitrogens with zero attached hydrogens (tertiary/aromatic N) is 2. The van der Waals surface area contributed by atoms with Crippen molar-refractivity contribution in [2.45, 2.75) is 40.3 Å². The summed E-state index contributed by atoms with van der Waals surface area (Å²) >= 11 is 6.22. The van der Waals surface area contributed by atoms with Crippen molar-refractivity contribution >= 4 is 17.4 Å². The van der Waals surface area contributed by atoms with Crippen molar-refractivity contribution in [2.75, 3.05) is 18.0 Å². The van der Waals surface area contributed by atoms with Crippen LogP contribution in [0.1, 0.15) is 33.4 Å². The fraction of sp³-hybridized carbons (Fsp3) is 0.667. The summed E-state index contributed by atoms with van der Waals surface area (Å²) in [7, 11) is 0. The van der Waals surface area contributed by atoms with Crippen LogP contribution in [0.5, 0.6) is 0 Å². The average Bonchev–Trinajstić information content (AvgIpc) is 2.68. The van der Waals surface area contributed by atoms with Gasteiger partial charge in [-0.25, -0.2) is 4.98 Å². The fourth-order valence-corrected chi connectivity index (χ4v) is 2.56. The van der Waals surface area contributed by atoms with Gasteiger partial charge in [0, 0.05) is 25.7 Å². The normalized spacial score (nSPS) is 23.4. The monoisotopic (exact) mass is 281 g/mol. The number of halogens is 1. The van der Waals surface area contributed by atoms with E-state index in [4.69, 9.17) is 16.6 Å². The van der Waals surface area contributed by atoms with Crippen LogP contribution >= 0.6 is 11.6 Å². The van der Waals surface area contributed by atoms with E-state index < -0.39 is 0 Å². The minimum absolute atomic E-state index is 0.438. The first-order valence-corrected chi connectivity index (χ1v) is 7.49. The van der Waals surface area contributed by atoms with Crippen molar-refractivity contribution in [1.29, 1.82) is 0 Å². The Labute approximate surface area is 121 Å². The van der Waals surface area contributed by atoms with Gasteiger partial charge in [0.1, 0.15) is 5.82 Å². The smallest absolute Gasteiger partial charge is 0.128 e. The highest BCUT2D eigenvalue weighted by Crippen LogP contribution is 2.28. The minimum Gasteiger partial charge on any atom is -0.356 e. The Morgan fingerprint density at radius 1 is 1.32 bits per heavy atom. The Balaban J connectivity index is 2.12. The highest BCUT2D eigenvalue weighted by Gasteiger charge is 2.27. The third-order valence-electron chi connectivity index (χ3n) is 3.89. The third kappa shape index (κ3) is 3.61. The van der Waals surface area contributed by atoms with Gasteiger partial charge in [-0.2, -0.15) is 0 Å². The predicted molar refractivity (Wildman–Crippen MR) is 81.8 cm³/mol. The molecular formula is C15H24ClN3. The van der Waals surface area contributed by atoms with Gasteiger partial charge in [0.2, 0.25) is 0 Å². The summed E-state index contributed by atoms with van der Waals surface area (Å²) in [5.74, 6) is 2.52. The SMILES string of the molecule is CC(C)NCc1nc(N2CC(C)C(C)C2)ccc1Cl. The van der Waals surface area contributed by atoms with E-state index in [2.05, 4.69) is 37.9 Å². The zero-order valence-electron chi connectivity index (χ0n) is 12.3. The van der Waals surface area contributed by atoms with Crippen LogP contribution in [0.3, 0.4) is 0 Å². The van der Waals surface area contributed by atoms with Gasteiger partial charge in [0.25, 0.3) is 0 Å². The maximum absolute atomic E-state index is 6.22. The van der Waals surface area contributed by atoms with Crippen LogP contribution < -0.4 is 10.2 Å². The Hall–Kier alpha value is -0.800. The standard InChI is InChI=1S/C15H24ClN3/c1-10(2)17-7-14-13(16)5-6-15(18-14)19-8-11(3)12(4)9-19/h5-6,10-12,17H,7-9H2,1-4H3. The molecule has 1 aromatic rings. The van der Waals surface area contributed by atoms with Gasteiger partial charge in [-0.3, -0.25) is 0 Å². The fourth-order valence-electron chi connectivity index (χ4n) is 2.39. The van der Waals surface area contributed by atoms with Crippen molar-refractivity contribution in [1.82, 2.24) is 10.3 Å². The number of anilines is 1. The number of aromatic nitrogens is 1. The quantitative estimate of drug-likeness (QED) is 0.918. The van der Waals surface area contributed by atoms with Crippen molar-refractivity contribution < 1.29 is 0 Å². The summed E-state index contributed by atoms with van der Waals surface area (Å²) in [6.07, 6.45) is 0. The summed E-state index contributed by atoms with van der Waals surface area (Å²) in [6, 6.07) is 4.44. The van der Waals surface area contributed by atoms with E-state index >= 15 is 0 Å². The molecule has 106 valence electrons. The van der Waals surface area contributed by atoms with Crippen LogP contribution in [0, 0.1) is 11.8 Å². The van der Waals surface area contributed by atoms with E-state index in [-0.39, 0.29) is 0 Å². The molecular weight excluding hydrogens is 258 g/mol. The lowest BCUT2D eigenvalue weighted by Crippen LogP contribution is -2.24. The first-order valence-electron chi connectivity index (χ1n) is 7.11. The maximum atomic E-state index is 6.22. The number of nitrogens with one attached hydrogen (secondary N) is 1. The molecule has 0 spiro atoms. The lowest BCUT2D eigenvalue weighted by atomic mass is 10.0. The Morgan fingerprint density at radius 3 is 2.53 bits per heavy atom. The number of pyridine rings is 1. The molecule has 1 aliphatic rings. The van der Waals surface area contributed by atoms with Crippen LogP contribution in [0.4, 0.5) is 5.82 Å². The number of hydrogen-bond acceptors (Lipinski definition) is 3. The summed E-state index contributed by atoms with van der Waals surface area (Å²) in [5, 5.41) is 4.12. The molecule has 1 saturated heterocycles. The largest absolute Gasteiger partial charge is 0.356 e. The van der Waals surface area contributed by atoms with Gasteiger partial charge in [-0.1, -0.05) is 39.3 Å². The van der Waals surface area contributed by atoms with Crippen LogP contribution in [0.2, 0.25) is 5.02 Å². The van der Waals surface area contributed by atoms with Gasteiger partial charge < -0.3 is 10.2 Å². The predicted octanol–water partition coefficient (Wildman–Crippen LogP) is 3.33. The molecule has 2 unspecified atom stereocenters. The molecule has 2 heterocycles. The second kappa shape index (κ2) is 6.10. The molecule has 4 heteroatoms. The minimum atomic E-state index is 0.438. The first kappa shape index (κ1) is 14.6. The van der Waals surface area contributed by atoms with Crippen LogP contribution in [0.25, 0.3) is 0 Å². The Bertz CT molecular complexity index is 423. The van der Waals surface area contributed by atoms with Crippen LogP contribution in [-0.4, -0.2) is 24.1 Å². The van der Waals surface area contributed by atoms with Gasteiger partial charge in [-0.15, -0.1) is 0 Å². The molecule has 0 aliphatic carbocycles. The zero-order valence-corrected chi connectivity index (χ0v) is 13.0. The van der Waals surface area contributed by atoms with Crippen molar-refractivity contribution in [2.24, 2.45) is 11.8 Å². The molecule has 1 N–H and O–H groups in total.